The predicted octanol–water partition coefficient (Wildman–Crippen LogP) is -0.352. The van der Waals surface area contributed by atoms with Gasteiger partial charge in [-0.2, -0.15) is 5.10 Å². The highest BCUT2D eigenvalue weighted by Gasteiger charge is 2.29. The van der Waals surface area contributed by atoms with Crippen LogP contribution in [0.4, 0.5) is 0 Å². The summed E-state index contributed by atoms with van der Waals surface area (Å²) < 4.78 is 12.4. The summed E-state index contributed by atoms with van der Waals surface area (Å²) >= 11 is 0. The number of carbonyl (C=O) groups excluding carboxylic acids is 2. The molecule has 2 heterocycles. The molecule has 30 heavy (non-hydrogen) atoms. The molecule has 0 bridgehead atoms. The van der Waals surface area contributed by atoms with Crippen molar-refractivity contribution in [2.24, 2.45) is 7.05 Å². The summed E-state index contributed by atoms with van der Waals surface area (Å²) in [6.07, 6.45) is 0.583. The molecule has 1 aliphatic heterocycles. The third-order valence-electron chi connectivity index (χ3n) is 5.36. The van der Waals surface area contributed by atoms with Crippen LogP contribution in [0.25, 0.3) is 0 Å². The Hall–Kier alpha value is -2.01. The summed E-state index contributed by atoms with van der Waals surface area (Å²) in [7, 11) is 3.16. The molecule has 10 nitrogen and oxygen atoms in total. The van der Waals surface area contributed by atoms with Crippen molar-refractivity contribution in [2.75, 3.05) is 46.5 Å². The Balaban J connectivity index is 2.12. The zero-order valence-electron chi connectivity index (χ0n) is 18.1. The van der Waals surface area contributed by atoms with E-state index < -0.39 is 18.3 Å². The van der Waals surface area contributed by atoms with E-state index in [1.165, 1.54) is 14.0 Å². The minimum Gasteiger partial charge on any atom is -0.388 e. The molecule has 1 aromatic heterocycles. The highest BCUT2D eigenvalue weighted by Crippen LogP contribution is 2.11. The van der Waals surface area contributed by atoms with Crippen LogP contribution in [0.1, 0.15) is 36.7 Å². The highest BCUT2D eigenvalue weighted by atomic mass is 16.5. The van der Waals surface area contributed by atoms with Crippen LogP contribution in [-0.2, 0) is 21.3 Å². The van der Waals surface area contributed by atoms with E-state index in [0.717, 1.165) is 6.42 Å². The quantitative estimate of drug-likeness (QED) is 0.664. The standard InChI is InChI=1S/C20H34N4O6/c1-15(25)24-11-6-10-23(20(28)16-7-8-21-22(16)2)9-4-5-12-30-14-17(26)19(27)18(13-24)29-3/h7-8,17-19,26-27H,4-6,9-14H2,1-3H3/t17-,18-,19-/m0/s1. The monoisotopic (exact) mass is 426 g/mol. The minimum absolute atomic E-state index is 0.0290. The number of rotatable bonds is 2. The van der Waals surface area contributed by atoms with Gasteiger partial charge in [0.2, 0.25) is 5.91 Å². The zero-order valence-corrected chi connectivity index (χ0v) is 18.1. The first-order valence-corrected chi connectivity index (χ1v) is 10.3. The van der Waals surface area contributed by atoms with E-state index in [0.29, 0.717) is 44.8 Å². The Labute approximate surface area is 177 Å². The van der Waals surface area contributed by atoms with Gasteiger partial charge in [0.1, 0.15) is 24.0 Å². The van der Waals surface area contributed by atoms with Crippen molar-refractivity contribution in [3.63, 3.8) is 0 Å². The zero-order chi connectivity index (χ0) is 22.1. The molecule has 170 valence electrons. The van der Waals surface area contributed by atoms with Gasteiger partial charge in [0.25, 0.3) is 5.91 Å². The van der Waals surface area contributed by atoms with Crippen LogP contribution in [0.15, 0.2) is 12.3 Å². The number of hydrogen-bond donors (Lipinski definition) is 2. The van der Waals surface area contributed by atoms with Gasteiger partial charge < -0.3 is 29.5 Å². The van der Waals surface area contributed by atoms with Crippen LogP contribution in [0.2, 0.25) is 0 Å². The second-order valence-corrected chi connectivity index (χ2v) is 7.56. The van der Waals surface area contributed by atoms with Crippen molar-refractivity contribution >= 4 is 11.8 Å². The number of amides is 2. The maximum absolute atomic E-state index is 12.9. The largest absolute Gasteiger partial charge is 0.388 e. The summed E-state index contributed by atoms with van der Waals surface area (Å²) in [6.45, 7) is 3.42. The normalized spacial score (nSPS) is 25.4. The first kappa shape index (κ1) is 24.3. The Bertz CT molecular complexity index is 682. The van der Waals surface area contributed by atoms with Crippen molar-refractivity contribution in [3.05, 3.63) is 18.0 Å². The third kappa shape index (κ3) is 6.76. The fraction of sp³-hybridized carbons (Fsp3) is 0.750. The van der Waals surface area contributed by atoms with Gasteiger partial charge in [-0.05, 0) is 25.3 Å². The van der Waals surface area contributed by atoms with Crippen molar-refractivity contribution in [1.82, 2.24) is 19.6 Å². The van der Waals surface area contributed by atoms with Gasteiger partial charge in [-0.1, -0.05) is 0 Å². The van der Waals surface area contributed by atoms with E-state index in [2.05, 4.69) is 5.10 Å². The molecular formula is C20H34N4O6. The molecule has 3 atom stereocenters. The van der Waals surface area contributed by atoms with Crippen molar-refractivity contribution in [1.29, 1.82) is 0 Å². The molecule has 0 spiro atoms. The lowest BCUT2D eigenvalue weighted by Gasteiger charge is -2.31. The van der Waals surface area contributed by atoms with Crippen molar-refractivity contribution < 1.29 is 29.3 Å². The number of aromatic nitrogens is 2. The Morgan fingerprint density at radius 2 is 1.87 bits per heavy atom. The number of methoxy groups -OCH3 is 1. The number of ether oxygens (including phenoxy) is 2. The topological polar surface area (TPSA) is 117 Å². The van der Waals surface area contributed by atoms with Gasteiger partial charge >= 0.3 is 0 Å². The van der Waals surface area contributed by atoms with Crippen LogP contribution in [0.3, 0.4) is 0 Å². The van der Waals surface area contributed by atoms with E-state index in [1.54, 1.807) is 33.8 Å². The van der Waals surface area contributed by atoms with Gasteiger partial charge in [-0.3, -0.25) is 14.3 Å². The van der Waals surface area contributed by atoms with Gasteiger partial charge in [0.05, 0.1) is 6.61 Å². The molecule has 1 fully saturated rings. The lowest BCUT2D eigenvalue weighted by molar-refractivity contribution is -0.136. The molecule has 0 radical (unpaired) electrons. The minimum atomic E-state index is -1.18. The first-order chi connectivity index (χ1) is 14.3. The summed E-state index contributed by atoms with van der Waals surface area (Å²) in [5.74, 6) is -0.265. The first-order valence-electron chi connectivity index (χ1n) is 10.3. The number of nitrogens with zero attached hydrogens (tertiary/aromatic N) is 4. The number of aliphatic hydroxyl groups excluding tert-OH is 2. The van der Waals surface area contributed by atoms with Crippen molar-refractivity contribution in [3.8, 4) is 0 Å². The molecule has 10 heteroatoms. The summed E-state index contributed by atoms with van der Waals surface area (Å²) in [5.41, 5.74) is 0.512. The second kappa shape index (κ2) is 12.0. The van der Waals surface area contributed by atoms with Crippen molar-refractivity contribution in [2.45, 2.75) is 44.5 Å². The Morgan fingerprint density at radius 1 is 1.17 bits per heavy atom. The molecule has 2 amide bonds. The second-order valence-electron chi connectivity index (χ2n) is 7.56. The molecular weight excluding hydrogens is 392 g/mol. The lowest BCUT2D eigenvalue weighted by atomic mass is 10.1. The molecule has 0 aliphatic carbocycles. The smallest absolute Gasteiger partial charge is 0.272 e. The average Bonchev–Trinajstić information content (AvgIpc) is 3.15. The SMILES string of the molecule is CO[C@H]1CN(C(C)=O)CCCN(C(=O)c2ccnn2C)CCCCOC[C@H](O)[C@@H]1O. The van der Waals surface area contributed by atoms with E-state index in [-0.39, 0.29) is 25.0 Å². The number of carbonyl (C=O) groups is 2. The number of hydrogen-bond acceptors (Lipinski definition) is 7. The Morgan fingerprint density at radius 3 is 2.50 bits per heavy atom. The molecule has 2 N–H and O–H groups in total. The van der Waals surface area contributed by atoms with E-state index in [4.69, 9.17) is 9.47 Å². The van der Waals surface area contributed by atoms with E-state index >= 15 is 0 Å². The van der Waals surface area contributed by atoms with Crippen LogP contribution < -0.4 is 0 Å². The highest BCUT2D eigenvalue weighted by molar-refractivity contribution is 5.92. The maximum atomic E-state index is 12.9. The number of aryl methyl sites for hydroxylation is 1. The fourth-order valence-electron chi connectivity index (χ4n) is 3.49. The summed E-state index contributed by atoms with van der Waals surface area (Å²) in [6, 6.07) is 1.69. The fourth-order valence-corrected chi connectivity index (χ4v) is 3.49. The molecule has 0 aromatic carbocycles. The molecule has 1 aromatic rings. The lowest BCUT2D eigenvalue weighted by Crippen LogP contribution is -2.48. The molecule has 1 aliphatic rings. The van der Waals surface area contributed by atoms with E-state index in [1.807, 2.05) is 0 Å². The van der Waals surface area contributed by atoms with Crippen LogP contribution in [-0.4, -0.2) is 106 Å². The number of aliphatic hydroxyl groups is 2. The van der Waals surface area contributed by atoms with Crippen LogP contribution in [0.5, 0.6) is 0 Å². The van der Waals surface area contributed by atoms with Crippen LogP contribution >= 0.6 is 0 Å². The predicted molar refractivity (Wildman–Crippen MR) is 109 cm³/mol. The van der Waals surface area contributed by atoms with Gasteiger partial charge in [-0.25, -0.2) is 0 Å². The summed E-state index contributed by atoms with van der Waals surface area (Å²) in [4.78, 5) is 28.4. The van der Waals surface area contributed by atoms with Crippen LogP contribution in [0, 0.1) is 0 Å². The third-order valence-corrected chi connectivity index (χ3v) is 5.36. The molecule has 1 saturated heterocycles. The summed E-state index contributed by atoms with van der Waals surface area (Å²) in [5, 5.41) is 24.7. The Kier molecular flexibility index (Phi) is 9.70. The van der Waals surface area contributed by atoms with Gasteiger partial charge in [0, 0.05) is 60.1 Å². The molecule has 0 saturated carbocycles. The average molecular weight is 427 g/mol. The maximum Gasteiger partial charge on any atom is 0.272 e. The molecule has 0 unspecified atom stereocenters. The van der Waals surface area contributed by atoms with Gasteiger partial charge in [-0.15, -0.1) is 0 Å². The van der Waals surface area contributed by atoms with Gasteiger partial charge in [0.15, 0.2) is 0 Å². The van der Waals surface area contributed by atoms with E-state index in [9.17, 15) is 19.8 Å². The molecule has 2 rings (SSSR count).